The number of amides is 1. The van der Waals surface area contributed by atoms with E-state index < -0.39 is 24.3 Å². The Labute approximate surface area is 170 Å². The van der Waals surface area contributed by atoms with Gasteiger partial charge in [-0.1, -0.05) is 63.6 Å². The van der Waals surface area contributed by atoms with E-state index in [0.717, 1.165) is 16.8 Å². The number of nitrogens with one attached hydrogen (secondary N) is 1. The van der Waals surface area contributed by atoms with Crippen LogP contribution in [0.5, 0.6) is 0 Å². The van der Waals surface area contributed by atoms with Crippen LogP contribution in [0.25, 0.3) is 0 Å². The number of anilines is 1. The molecule has 150 valence electrons. The van der Waals surface area contributed by atoms with Gasteiger partial charge in [0.25, 0.3) is 5.91 Å². The first-order valence-electron chi connectivity index (χ1n) is 9.21. The van der Waals surface area contributed by atoms with Crippen molar-refractivity contribution in [1.29, 1.82) is 0 Å². The Hall–Kier alpha value is -2.40. The van der Waals surface area contributed by atoms with Crippen LogP contribution in [0.4, 0.5) is 10.1 Å². The molecule has 0 bridgehead atoms. The van der Waals surface area contributed by atoms with Crippen LogP contribution in [-0.4, -0.2) is 18.5 Å². The molecule has 0 aliphatic carbocycles. The molecule has 0 aliphatic heterocycles. The summed E-state index contributed by atoms with van der Waals surface area (Å²) in [4.78, 5) is 24.4. The molecule has 4 nitrogen and oxygen atoms in total. The van der Waals surface area contributed by atoms with Crippen molar-refractivity contribution in [2.24, 2.45) is 0 Å². The third-order valence-electron chi connectivity index (χ3n) is 4.38. The standard InChI is InChI=1S/C22H25ClFNO3/c1-13(2)15-7-5-8-16(14(3)4)22(15)25-20(26)12-28-21(27)11-17-18(23)9-6-10-19(17)24/h5-10,13-14H,11-12H2,1-4H3,(H,25,26). The van der Waals surface area contributed by atoms with E-state index in [0.29, 0.717) is 0 Å². The van der Waals surface area contributed by atoms with E-state index in [4.69, 9.17) is 16.3 Å². The predicted molar refractivity (Wildman–Crippen MR) is 109 cm³/mol. The molecule has 6 heteroatoms. The molecular formula is C22H25ClFNO3. The maximum absolute atomic E-state index is 13.8. The number of carbonyl (C=O) groups is 2. The maximum Gasteiger partial charge on any atom is 0.310 e. The number of ether oxygens (including phenoxy) is 1. The number of para-hydroxylation sites is 1. The van der Waals surface area contributed by atoms with Crippen LogP contribution in [0.2, 0.25) is 5.02 Å². The summed E-state index contributed by atoms with van der Waals surface area (Å²) in [5.74, 6) is -1.30. The van der Waals surface area contributed by atoms with Gasteiger partial charge in [-0.3, -0.25) is 9.59 Å². The van der Waals surface area contributed by atoms with Crippen molar-refractivity contribution < 1.29 is 18.7 Å². The Morgan fingerprint density at radius 2 is 1.61 bits per heavy atom. The van der Waals surface area contributed by atoms with E-state index in [1.165, 1.54) is 18.2 Å². The first-order chi connectivity index (χ1) is 13.2. The Morgan fingerprint density at radius 3 is 2.14 bits per heavy atom. The summed E-state index contributed by atoms with van der Waals surface area (Å²) < 4.78 is 18.8. The zero-order valence-electron chi connectivity index (χ0n) is 16.5. The van der Waals surface area contributed by atoms with Gasteiger partial charge in [0.2, 0.25) is 0 Å². The van der Waals surface area contributed by atoms with Crippen LogP contribution in [0.3, 0.4) is 0 Å². The second-order valence-electron chi connectivity index (χ2n) is 7.21. The molecular weight excluding hydrogens is 381 g/mol. The zero-order valence-corrected chi connectivity index (χ0v) is 17.3. The molecule has 0 aromatic heterocycles. The highest BCUT2D eigenvalue weighted by Crippen LogP contribution is 2.32. The van der Waals surface area contributed by atoms with Crippen LogP contribution in [0.1, 0.15) is 56.2 Å². The van der Waals surface area contributed by atoms with Crippen molar-refractivity contribution in [2.45, 2.75) is 46.0 Å². The van der Waals surface area contributed by atoms with E-state index in [1.807, 2.05) is 45.9 Å². The molecule has 0 heterocycles. The smallest absolute Gasteiger partial charge is 0.310 e. The minimum absolute atomic E-state index is 0.0572. The highest BCUT2D eigenvalue weighted by molar-refractivity contribution is 6.31. The van der Waals surface area contributed by atoms with Crippen molar-refractivity contribution >= 4 is 29.2 Å². The lowest BCUT2D eigenvalue weighted by atomic mass is 9.92. The number of hydrogen-bond acceptors (Lipinski definition) is 3. The quantitative estimate of drug-likeness (QED) is 0.623. The fraction of sp³-hybridized carbons (Fsp3) is 0.364. The van der Waals surface area contributed by atoms with Gasteiger partial charge in [0.15, 0.2) is 6.61 Å². The topological polar surface area (TPSA) is 55.4 Å². The summed E-state index contributed by atoms with van der Waals surface area (Å²) >= 11 is 5.91. The fourth-order valence-corrected chi connectivity index (χ4v) is 3.14. The molecule has 2 aromatic carbocycles. The number of rotatable bonds is 7. The van der Waals surface area contributed by atoms with Crippen molar-refractivity contribution in [3.63, 3.8) is 0 Å². The third kappa shape index (κ3) is 5.55. The van der Waals surface area contributed by atoms with Crippen molar-refractivity contribution in [1.82, 2.24) is 0 Å². The molecule has 0 atom stereocenters. The summed E-state index contributed by atoms with van der Waals surface area (Å²) in [7, 11) is 0. The average Bonchev–Trinajstić information content (AvgIpc) is 2.63. The molecule has 0 unspecified atom stereocenters. The second kappa shape index (κ2) is 9.69. The van der Waals surface area contributed by atoms with Crippen LogP contribution in [-0.2, 0) is 20.7 Å². The van der Waals surface area contributed by atoms with E-state index in [9.17, 15) is 14.0 Å². The SMILES string of the molecule is CC(C)c1cccc(C(C)C)c1NC(=O)COC(=O)Cc1c(F)cccc1Cl. The first kappa shape index (κ1) is 21.9. The molecule has 1 amide bonds. The van der Waals surface area contributed by atoms with Crippen LogP contribution in [0.15, 0.2) is 36.4 Å². The summed E-state index contributed by atoms with van der Waals surface area (Å²) in [5.41, 5.74) is 2.85. The highest BCUT2D eigenvalue weighted by Gasteiger charge is 2.18. The van der Waals surface area contributed by atoms with Crippen molar-refractivity contribution in [3.05, 3.63) is 63.9 Å². The van der Waals surface area contributed by atoms with Gasteiger partial charge in [-0.15, -0.1) is 0 Å². The third-order valence-corrected chi connectivity index (χ3v) is 4.74. The van der Waals surface area contributed by atoms with Gasteiger partial charge in [-0.25, -0.2) is 4.39 Å². The molecule has 28 heavy (non-hydrogen) atoms. The lowest BCUT2D eigenvalue weighted by Crippen LogP contribution is -2.23. The molecule has 0 aliphatic rings. The Kier molecular flexibility index (Phi) is 7.58. The van der Waals surface area contributed by atoms with E-state index in [1.54, 1.807) is 0 Å². The Morgan fingerprint density at radius 1 is 1.04 bits per heavy atom. The van der Waals surface area contributed by atoms with Crippen molar-refractivity contribution in [2.75, 3.05) is 11.9 Å². The Balaban J connectivity index is 2.04. The van der Waals surface area contributed by atoms with Gasteiger partial charge in [0.05, 0.1) is 6.42 Å². The number of carbonyl (C=O) groups excluding carboxylic acids is 2. The minimum atomic E-state index is -0.719. The number of esters is 1. The molecule has 1 N–H and O–H groups in total. The van der Waals surface area contributed by atoms with Crippen LogP contribution >= 0.6 is 11.6 Å². The maximum atomic E-state index is 13.8. The van der Waals surface area contributed by atoms with Crippen LogP contribution in [0, 0.1) is 5.82 Å². The van der Waals surface area contributed by atoms with Gasteiger partial charge in [0, 0.05) is 16.3 Å². The number of benzene rings is 2. The van der Waals surface area contributed by atoms with Gasteiger partial charge in [-0.2, -0.15) is 0 Å². The first-order valence-corrected chi connectivity index (χ1v) is 9.59. The highest BCUT2D eigenvalue weighted by atomic mass is 35.5. The largest absolute Gasteiger partial charge is 0.455 e. The van der Waals surface area contributed by atoms with Gasteiger partial charge < -0.3 is 10.1 Å². The fourth-order valence-electron chi connectivity index (χ4n) is 2.91. The van der Waals surface area contributed by atoms with Crippen LogP contribution < -0.4 is 5.32 Å². The summed E-state index contributed by atoms with van der Waals surface area (Å²) in [6.45, 7) is 7.75. The predicted octanol–water partition coefficient (Wildman–Crippen LogP) is 5.45. The van der Waals surface area contributed by atoms with E-state index in [2.05, 4.69) is 5.32 Å². The molecule has 2 rings (SSSR count). The van der Waals surface area contributed by atoms with Gasteiger partial charge in [-0.05, 0) is 35.1 Å². The summed E-state index contributed by atoms with van der Waals surface area (Å²) in [6.07, 6.45) is -0.335. The zero-order chi connectivity index (χ0) is 20.8. The lowest BCUT2D eigenvalue weighted by Gasteiger charge is -2.20. The summed E-state index contributed by atoms with van der Waals surface area (Å²) in [6, 6.07) is 10.1. The number of hydrogen-bond donors (Lipinski definition) is 1. The molecule has 2 aromatic rings. The van der Waals surface area contributed by atoms with Crippen molar-refractivity contribution in [3.8, 4) is 0 Å². The minimum Gasteiger partial charge on any atom is -0.455 e. The number of halogens is 2. The van der Waals surface area contributed by atoms with E-state index >= 15 is 0 Å². The lowest BCUT2D eigenvalue weighted by molar-refractivity contribution is -0.146. The molecule has 0 spiro atoms. The Bertz CT molecular complexity index is 818. The average molecular weight is 406 g/mol. The molecule has 0 radical (unpaired) electrons. The normalized spacial score (nSPS) is 11.0. The molecule has 0 saturated carbocycles. The van der Waals surface area contributed by atoms with Gasteiger partial charge >= 0.3 is 5.97 Å². The molecule has 0 saturated heterocycles. The monoisotopic (exact) mass is 405 g/mol. The van der Waals surface area contributed by atoms with E-state index in [-0.39, 0.29) is 28.8 Å². The molecule has 0 fully saturated rings. The van der Waals surface area contributed by atoms with Gasteiger partial charge in [0.1, 0.15) is 5.82 Å². The second-order valence-corrected chi connectivity index (χ2v) is 7.61. The summed E-state index contributed by atoms with van der Waals surface area (Å²) in [5, 5.41) is 3.01.